The standard InChI is InChI=1S/C28H42N4O4/c33-26(34)24(31-27(35)28-12-7-20(8-13-28)9-14-28)11-18-36-23-4-2-16-32(19-23)17-10-22-6-5-21-3-1-15-29-25(21)30-22/h5-6,20,23-24H,1-4,7-19H2,(H,29,30)(H,31,35)(H,33,34)/t20?,23-,24+,28?/m1/s1. The van der Waals surface area contributed by atoms with Crippen molar-refractivity contribution in [2.75, 3.05) is 38.1 Å². The second-order valence-electron chi connectivity index (χ2n) is 11.4. The highest BCUT2D eigenvalue weighted by atomic mass is 16.5. The Kier molecular flexibility index (Phi) is 8.11. The molecular weight excluding hydrogens is 456 g/mol. The van der Waals surface area contributed by atoms with Gasteiger partial charge in [-0.2, -0.15) is 0 Å². The van der Waals surface area contributed by atoms with Crippen LogP contribution in [0.2, 0.25) is 0 Å². The zero-order chi connectivity index (χ0) is 25.0. The van der Waals surface area contributed by atoms with E-state index in [2.05, 4.69) is 27.7 Å². The molecule has 2 bridgehead atoms. The van der Waals surface area contributed by atoms with Crippen molar-refractivity contribution in [1.82, 2.24) is 15.2 Å². The first-order valence-electron chi connectivity index (χ1n) is 14.1. The highest BCUT2D eigenvalue weighted by Gasteiger charge is 2.46. The Hall–Kier alpha value is -2.19. The summed E-state index contributed by atoms with van der Waals surface area (Å²) in [5.74, 6) is 0.798. The number of aromatic nitrogens is 1. The molecule has 3 aliphatic carbocycles. The van der Waals surface area contributed by atoms with Gasteiger partial charge < -0.3 is 25.4 Å². The molecule has 36 heavy (non-hydrogen) atoms. The molecule has 2 aliphatic heterocycles. The quantitative estimate of drug-likeness (QED) is 0.454. The Morgan fingerprint density at radius 1 is 1.19 bits per heavy atom. The number of likely N-dealkylation sites (tertiary alicyclic amines) is 1. The minimum atomic E-state index is -0.967. The third kappa shape index (κ3) is 6.02. The highest BCUT2D eigenvalue weighted by molar-refractivity contribution is 5.87. The van der Waals surface area contributed by atoms with Crippen molar-refractivity contribution in [1.29, 1.82) is 0 Å². The number of carboxylic acid groups (broad SMARTS) is 1. The number of anilines is 1. The van der Waals surface area contributed by atoms with Gasteiger partial charge in [0, 0.05) is 50.2 Å². The maximum absolute atomic E-state index is 13.0. The van der Waals surface area contributed by atoms with E-state index in [0.717, 1.165) is 108 Å². The predicted molar refractivity (Wildman–Crippen MR) is 138 cm³/mol. The molecule has 2 atom stereocenters. The van der Waals surface area contributed by atoms with Crippen molar-refractivity contribution in [3.63, 3.8) is 0 Å². The number of pyridine rings is 1. The molecular formula is C28H42N4O4. The third-order valence-corrected chi connectivity index (χ3v) is 9.04. The zero-order valence-corrected chi connectivity index (χ0v) is 21.5. The second-order valence-corrected chi connectivity index (χ2v) is 11.4. The molecule has 1 saturated heterocycles. The molecule has 5 aliphatic rings. The minimum Gasteiger partial charge on any atom is -0.480 e. The molecule has 0 unspecified atom stereocenters. The lowest BCUT2D eigenvalue weighted by molar-refractivity contribution is -0.147. The van der Waals surface area contributed by atoms with Crippen molar-refractivity contribution >= 4 is 17.7 Å². The topological polar surface area (TPSA) is 104 Å². The number of carbonyl (C=O) groups is 2. The van der Waals surface area contributed by atoms with E-state index in [1.807, 2.05) is 0 Å². The SMILES string of the molecule is O=C(O)[C@H](CCO[C@@H]1CCCN(CCc2ccc3c(n2)NCCC3)C1)NC(=O)C12CCC(CC1)CC2. The maximum Gasteiger partial charge on any atom is 0.326 e. The van der Waals surface area contributed by atoms with E-state index < -0.39 is 12.0 Å². The summed E-state index contributed by atoms with van der Waals surface area (Å²) in [6.45, 7) is 4.21. The molecule has 0 spiro atoms. The van der Waals surface area contributed by atoms with Crippen LogP contribution >= 0.6 is 0 Å². The number of amides is 1. The Morgan fingerprint density at radius 3 is 2.78 bits per heavy atom. The fraction of sp³-hybridized carbons (Fsp3) is 0.750. The molecule has 8 heteroatoms. The number of nitrogens with one attached hydrogen (secondary N) is 2. The van der Waals surface area contributed by atoms with Crippen LogP contribution in [0.25, 0.3) is 0 Å². The van der Waals surface area contributed by atoms with Crippen LogP contribution in [0.1, 0.15) is 75.5 Å². The van der Waals surface area contributed by atoms with Crippen LogP contribution in [0.3, 0.4) is 0 Å². The molecule has 0 aromatic carbocycles. The van der Waals surface area contributed by atoms with Crippen LogP contribution in [0.5, 0.6) is 0 Å². The normalized spacial score (nSPS) is 28.7. The number of piperidine rings is 1. The molecule has 3 heterocycles. The first-order chi connectivity index (χ1) is 17.5. The fourth-order valence-corrected chi connectivity index (χ4v) is 6.64. The molecule has 1 aromatic rings. The lowest BCUT2D eigenvalue weighted by atomic mass is 9.60. The molecule has 198 valence electrons. The summed E-state index contributed by atoms with van der Waals surface area (Å²) >= 11 is 0. The van der Waals surface area contributed by atoms with E-state index in [-0.39, 0.29) is 17.4 Å². The lowest BCUT2D eigenvalue weighted by Crippen LogP contribution is -2.52. The number of rotatable bonds is 10. The van der Waals surface area contributed by atoms with Gasteiger partial charge in [0.25, 0.3) is 0 Å². The fourth-order valence-electron chi connectivity index (χ4n) is 6.64. The van der Waals surface area contributed by atoms with Crippen molar-refractivity contribution in [3.05, 3.63) is 23.4 Å². The van der Waals surface area contributed by atoms with E-state index in [4.69, 9.17) is 9.72 Å². The summed E-state index contributed by atoms with van der Waals surface area (Å²) in [4.78, 5) is 32.2. The van der Waals surface area contributed by atoms with Crippen LogP contribution in [-0.2, 0) is 27.2 Å². The number of aryl methyl sites for hydroxylation is 1. The Labute approximate surface area is 214 Å². The number of ether oxygens (including phenoxy) is 1. The van der Waals surface area contributed by atoms with Gasteiger partial charge in [0.2, 0.25) is 5.91 Å². The first kappa shape index (κ1) is 25.5. The second kappa shape index (κ2) is 11.5. The molecule has 1 aromatic heterocycles. The van der Waals surface area contributed by atoms with E-state index in [9.17, 15) is 14.7 Å². The minimum absolute atomic E-state index is 0.0529. The van der Waals surface area contributed by atoms with E-state index >= 15 is 0 Å². The summed E-state index contributed by atoms with van der Waals surface area (Å²) in [5, 5.41) is 16.0. The number of nitrogens with zero attached hydrogens (tertiary/aromatic N) is 2. The first-order valence-corrected chi connectivity index (χ1v) is 14.1. The summed E-state index contributed by atoms with van der Waals surface area (Å²) in [6, 6.07) is 3.49. The van der Waals surface area contributed by atoms with Crippen LogP contribution in [-0.4, -0.2) is 71.8 Å². The molecule has 4 fully saturated rings. The summed E-state index contributed by atoms with van der Waals surface area (Å²) in [6.07, 6.45) is 11.7. The maximum atomic E-state index is 13.0. The monoisotopic (exact) mass is 498 g/mol. The van der Waals surface area contributed by atoms with Crippen molar-refractivity contribution in [3.8, 4) is 0 Å². The number of hydrogen-bond donors (Lipinski definition) is 3. The zero-order valence-electron chi connectivity index (χ0n) is 21.5. The number of carboxylic acids is 1. The predicted octanol–water partition coefficient (Wildman–Crippen LogP) is 3.39. The summed E-state index contributed by atoms with van der Waals surface area (Å²) in [5.41, 5.74) is 2.10. The van der Waals surface area contributed by atoms with Crippen LogP contribution in [0.15, 0.2) is 12.1 Å². The average Bonchev–Trinajstić information content (AvgIpc) is 2.92. The van der Waals surface area contributed by atoms with Crippen LogP contribution < -0.4 is 10.6 Å². The van der Waals surface area contributed by atoms with Gasteiger partial charge in [-0.15, -0.1) is 0 Å². The average molecular weight is 499 g/mol. The van der Waals surface area contributed by atoms with Gasteiger partial charge in [0.15, 0.2) is 0 Å². The van der Waals surface area contributed by atoms with Gasteiger partial charge in [-0.25, -0.2) is 9.78 Å². The Morgan fingerprint density at radius 2 is 2.00 bits per heavy atom. The van der Waals surface area contributed by atoms with Gasteiger partial charge in [-0.05, 0) is 88.3 Å². The Balaban J connectivity index is 1.05. The highest BCUT2D eigenvalue weighted by Crippen LogP contribution is 2.50. The smallest absolute Gasteiger partial charge is 0.326 e. The molecule has 3 saturated carbocycles. The molecule has 6 rings (SSSR count). The van der Waals surface area contributed by atoms with Gasteiger partial charge >= 0.3 is 5.97 Å². The number of fused-ring (bicyclic) bond motifs is 4. The largest absolute Gasteiger partial charge is 0.480 e. The van der Waals surface area contributed by atoms with Crippen LogP contribution in [0, 0.1) is 11.3 Å². The van der Waals surface area contributed by atoms with E-state index in [0.29, 0.717) is 13.0 Å². The van der Waals surface area contributed by atoms with Crippen molar-refractivity contribution < 1.29 is 19.4 Å². The van der Waals surface area contributed by atoms with Gasteiger partial charge in [0.05, 0.1) is 6.10 Å². The Bertz CT molecular complexity index is 916. The number of aliphatic carboxylic acids is 1. The summed E-state index contributed by atoms with van der Waals surface area (Å²) in [7, 11) is 0. The van der Waals surface area contributed by atoms with Crippen LogP contribution in [0.4, 0.5) is 5.82 Å². The van der Waals surface area contributed by atoms with Crippen molar-refractivity contribution in [2.24, 2.45) is 11.3 Å². The molecule has 3 N–H and O–H groups in total. The van der Waals surface area contributed by atoms with Gasteiger partial charge in [0.1, 0.15) is 11.9 Å². The van der Waals surface area contributed by atoms with Gasteiger partial charge in [-0.3, -0.25) is 4.79 Å². The van der Waals surface area contributed by atoms with E-state index in [1.54, 1.807) is 0 Å². The molecule has 8 nitrogen and oxygen atoms in total. The van der Waals surface area contributed by atoms with Crippen molar-refractivity contribution in [2.45, 2.75) is 89.2 Å². The lowest BCUT2D eigenvalue weighted by Gasteiger charge is -2.45. The molecule has 1 amide bonds. The van der Waals surface area contributed by atoms with Gasteiger partial charge in [-0.1, -0.05) is 6.07 Å². The van der Waals surface area contributed by atoms with E-state index in [1.165, 1.54) is 12.0 Å². The number of hydrogen-bond acceptors (Lipinski definition) is 6. The number of carbonyl (C=O) groups excluding carboxylic acids is 1. The summed E-state index contributed by atoms with van der Waals surface area (Å²) < 4.78 is 6.12. The third-order valence-electron chi connectivity index (χ3n) is 9.04. The molecule has 0 radical (unpaired) electrons.